The SMILES string of the molecule is C=CCN1C[C@H](OCc2ccccc2)C[C@H]1CNC(=O)c1cc(CCCF)cc(OC)c1OC. The Morgan fingerprint density at radius 1 is 1.21 bits per heavy atom. The maximum Gasteiger partial charge on any atom is 0.255 e. The highest BCUT2D eigenvalue weighted by molar-refractivity contribution is 5.98. The molecule has 0 radical (unpaired) electrons. The molecular weight excluding hydrogens is 435 g/mol. The Kier molecular flexibility index (Phi) is 9.91. The molecule has 0 aliphatic carbocycles. The summed E-state index contributed by atoms with van der Waals surface area (Å²) >= 11 is 0. The van der Waals surface area contributed by atoms with Crippen LogP contribution in [0.15, 0.2) is 55.1 Å². The van der Waals surface area contributed by atoms with Gasteiger partial charge in [-0.3, -0.25) is 14.1 Å². The van der Waals surface area contributed by atoms with Gasteiger partial charge < -0.3 is 19.5 Å². The summed E-state index contributed by atoms with van der Waals surface area (Å²) in [6.07, 6.45) is 3.68. The first-order valence-corrected chi connectivity index (χ1v) is 11.7. The minimum atomic E-state index is -0.412. The number of hydrogen-bond acceptors (Lipinski definition) is 5. The zero-order valence-electron chi connectivity index (χ0n) is 20.1. The van der Waals surface area contributed by atoms with E-state index in [4.69, 9.17) is 14.2 Å². The van der Waals surface area contributed by atoms with Crippen molar-refractivity contribution in [1.82, 2.24) is 10.2 Å². The fourth-order valence-corrected chi connectivity index (χ4v) is 4.36. The highest BCUT2D eigenvalue weighted by Crippen LogP contribution is 2.33. The monoisotopic (exact) mass is 470 g/mol. The van der Waals surface area contributed by atoms with Gasteiger partial charge in [0.05, 0.1) is 39.2 Å². The molecule has 0 saturated carbocycles. The van der Waals surface area contributed by atoms with E-state index in [2.05, 4.69) is 28.9 Å². The summed E-state index contributed by atoms with van der Waals surface area (Å²) in [6, 6.07) is 13.8. The van der Waals surface area contributed by atoms with Gasteiger partial charge in [-0.2, -0.15) is 0 Å². The van der Waals surface area contributed by atoms with E-state index in [1.807, 2.05) is 24.3 Å². The molecule has 2 aromatic rings. The highest BCUT2D eigenvalue weighted by atomic mass is 19.1. The second-order valence-electron chi connectivity index (χ2n) is 8.43. The number of benzene rings is 2. The predicted octanol–water partition coefficient (Wildman–Crippen LogP) is 4.18. The lowest BCUT2D eigenvalue weighted by atomic mass is 10.0. The van der Waals surface area contributed by atoms with E-state index in [0.29, 0.717) is 43.1 Å². The van der Waals surface area contributed by atoms with E-state index in [0.717, 1.165) is 30.6 Å². The lowest BCUT2D eigenvalue weighted by Crippen LogP contribution is -2.40. The van der Waals surface area contributed by atoms with E-state index in [-0.39, 0.29) is 18.1 Å². The van der Waals surface area contributed by atoms with E-state index in [1.165, 1.54) is 14.2 Å². The summed E-state index contributed by atoms with van der Waals surface area (Å²) in [5.41, 5.74) is 2.37. The summed E-state index contributed by atoms with van der Waals surface area (Å²) in [6.45, 7) is 6.00. The summed E-state index contributed by atoms with van der Waals surface area (Å²) in [4.78, 5) is 15.4. The number of ether oxygens (including phenoxy) is 3. The molecule has 7 heteroatoms. The number of nitrogens with one attached hydrogen (secondary N) is 1. The van der Waals surface area contributed by atoms with Crippen LogP contribution in [0.4, 0.5) is 4.39 Å². The van der Waals surface area contributed by atoms with Crippen LogP contribution in [0, 0.1) is 0 Å². The van der Waals surface area contributed by atoms with Gasteiger partial charge in [0.2, 0.25) is 0 Å². The molecule has 1 amide bonds. The third-order valence-corrected chi connectivity index (χ3v) is 6.06. The second kappa shape index (κ2) is 13.1. The number of amides is 1. The van der Waals surface area contributed by atoms with Crippen LogP contribution in [0.3, 0.4) is 0 Å². The average Bonchev–Trinajstić information content (AvgIpc) is 3.26. The molecule has 3 rings (SSSR count). The largest absolute Gasteiger partial charge is 0.493 e. The third-order valence-electron chi connectivity index (χ3n) is 6.06. The number of hydrogen-bond donors (Lipinski definition) is 1. The molecule has 1 aliphatic rings. The van der Waals surface area contributed by atoms with E-state index in [9.17, 15) is 9.18 Å². The smallest absolute Gasteiger partial charge is 0.255 e. The molecule has 1 aliphatic heterocycles. The van der Waals surface area contributed by atoms with Crippen molar-refractivity contribution in [1.29, 1.82) is 0 Å². The summed E-state index contributed by atoms with van der Waals surface area (Å²) < 4.78 is 29.7. The van der Waals surface area contributed by atoms with Crippen molar-refractivity contribution in [2.24, 2.45) is 0 Å². The zero-order chi connectivity index (χ0) is 24.3. The van der Waals surface area contributed by atoms with Crippen LogP contribution in [0.5, 0.6) is 11.5 Å². The van der Waals surface area contributed by atoms with Gasteiger partial charge in [0.15, 0.2) is 11.5 Å². The van der Waals surface area contributed by atoms with Crippen molar-refractivity contribution in [3.63, 3.8) is 0 Å². The van der Waals surface area contributed by atoms with Gasteiger partial charge in [0.25, 0.3) is 5.91 Å². The number of rotatable bonds is 13. The number of carbonyl (C=O) groups excluding carboxylic acids is 1. The van der Waals surface area contributed by atoms with Gasteiger partial charge in [0.1, 0.15) is 0 Å². The van der Waals surface area contributed by atoms with Crippen molar-refractivity contribution < 1.29 is 23.4 Å². The lowest BCUT2D eigenvalue weighted by Gasteiger charge is -2.23. The van der Waals surface area contributed by atoms with Crippen molar-refractivity contribution >= 4 is 5.91 Å². The van der Waals surface area contributed by atoms with Crippen LogP contribution < -0.4 is 14.8 Å². The van der Waals surface area contributed by atoms with Crippen molar-refractivity contribution in [2.75, 3.05) is 40.5 Å². The van der Waals surface area contributed by atoms with Crippen LogP contribution in [-0.4, -0.2) is 63.5 Å². The van der Waals surface area contributed by atoms with Crippen LogP contribution in [0.2, 0.25) is 0 Å². The fraction of sp³-hybridized carbons (Fsp3) is 0.444. The van der Waals surface area contributed by atoms with E-state index in [1.54, 1.807) is 12.1 Å². The molecule has 2 aromatic carbocycles. The minimum Gasteiger partial charge on any atom is -0.493 e. The molecule has 34 heavy (non-hydrogen) atoms. The summed E-state index contributed by atoms with van der Waals surface area (Å²) in [5, 5.41) is 3.05. The van der Waals surface area contributed by atoms with Crippen molar-refractivity contribution in [3.8, 4) is 11.5 Å². The van der Waals surface area contributed by atoms with Crippen LogP contribution in [0.25, 0.3) is 0 Å². The maximum absolute atomic E-state index is 13.1. The standard InChI is InChI=1S/C27H35FN2O4/c1-4-13-30-18-23(34-19-20-9-6-5-7-10-20)16-22(30)17-29-27(31)24-14-21(11-8-12-28)15-25(32-2)26(24)33-3/h4-7,9-10,14-15,22-23H,1,8,11-13,16-19H2,2-3H3,(H,29,31)/t22-,23+/m0/s1. The molecule has 1 saturated heterocycles. The molecule has 0 aromatic heterocycles. The molecular formula is C27H35FN2O4. The van der Waals surface area contributed by atoms with Crippen molar-refractivity contribution in [3.05, 3.63) is 71.8 Å². The molecule has 1 N–H and O–H groups in total. The Hall–Kier alpha value is -2.90. The number of methoxy groups -OCH3 is 2. The van der Waals surface area contributed by atoms with Gasteiger partial charge in [0, 0.05) is 25.7 Å². The molecule has 0 bridgehead atoms. The zero-order valence-corrected chi connectivity index (χ0v) is 20.1. The van der Waals surface area contributed by atoms with Crippen LogP contribution in [-0.2, 0) is 17.8 Å². The van der Waals surface area contributed by atoms with Gasteiger partial charge in [-0.1, -0.05) is 36.4 Å². The molecule has 0 spiro atoms. The lowest BCUT2D eigenvalue weighted by molar-refractivity contribution is 0.0473. The normalized spacial score (nSPS) is 18.0. The minimum absolute atomic E-state index is 0.0840. The molecule has 1 heterocycles. The molecule has 6 nitrogen and oxygen atoms in total. The molecule has 2 atom stereocenters. The highest BCUT2D eigenvalue weighted by Gasteiger charge is 2.32. The first kappa shape index (κ1) is 25.7. The average molecular weight is 471 g/mol. The van der Waals surface area contributed by atoms with E-state index >= 15 is 0 Å². The molecule has 1 fully saturated rings. The summed E-state index contributed by atoms with van der Waals surface area (Å²) in [7, 11) is 3.03. The molecule has 184 valence electrons. The van der Waals surface area contributed by atoms with Crippen molar-refractivity contribution in [2.45, 2.75) is 38.0 Å². The quantitative estimate of drug-likeness (QED) is 0.445. The van der Waals surface area contributed by atoms with Gasteiger partial charge in [-0.05, 0) is 42.5 Å². The number of aryl methyl sites for hydroxylation is 1. The number of nitrogens with zero attached hydrogens (tertiary/aromatic N) is 1. The van der Waals surface area contributed by atoms with E-state index < -0.39 is 6.67 Å². The Morgan fingerprint density at radius 2 is 2.00 bits per heavy atom. The predicted molar refractivity (Wildman–Crippen MR) is 131 cm³/mol. The van der Waals surface area contributed by atoms with Gasteiger partial charge in [-0.15, -0.1) is 6.58 Å². The Morgan fingerprint density at radius 3 is 2.68 bits per heavy atom. The topological polar surface area (TPSA) is 60.0 Å². The second-order valence-corrected chi connectivity index (χ2v) is 8.43. The first-order chi connectivity index (χ1) is 16.6. The maximum atomic E-state index is 13.1. The third kappa shape index (κ3) is 6.81. The Bertz CT molecular complexity index is 938. The number of alkyl halides is 1. The van der Waals surface area contributed by atoms with Crippen LogP contribution in [0.1, 0.15) is 34.3 Å². The Labute approximate surface area is 201 Å². The number of halogens is 1. The Balaban J connectivity index is 1.65. The first-order valence-electron chi connectivity index (χ1n) is 11.7. The molecule has 0 unspecified atom stereocenters. The number of carbonyl (C=O) groups is 1. The fourth-order valence-electron chi connectivity index (χ4n) is 4.36. The number of likely N-dealkylation sites (tertiary alicyclic amines) is 1. The van der Waals surface area contributed by atoms with Gasteiger partial charge >= 0.3 is 0 Å². The van der Waals surface area contributed by atoms with Gasteiger partial charge in [-0.25, -0.2) is 0 Å². The summed E-state index contributed by atoms with van der Waals surface area (Å²) in [5.74, 6) is 0.597. The van der Waals surface area contributed by atoms with Crippen LogP contribution >= 0.6 is 0 Å².